The molecule has 0 radical (unpaired) electrons. The summed E-state index contributed by atoms with van der Waals surface area (Å²) in [4.78, 5) is 17.6. The zero-order valence-corrected chi connectivity index (χ0v) is 13.8. The van der Waals surface area contributed by atoms with E-state index in [0.29, 0.717) is 5.39 Å². The van der Waals surface area contributed by atoms with Gasteiger partial charge in [0.1, 0.15) is 0 Å². The van der Waals surface area contributed by atoms with Crippen molar-refractivity contribution < 1.29 is 0 Å². The number of thioether (sulfide) groups is 1. The number of hydrogen-bond donors (Lipinski definition) is 0. The summed E-state index contributed by atoms with van der Waals surface area (Å²) in [6.07, 6.45) is 0. The van der Waals surface area contributed by atoms with Crippen LogP contribution in [0.4, 0.5) is 0 Å². The van der Waals surface area contributed by atoms with Crippen molar-refractivity contribution >= 4 is 22.7 Å². The first kappa shape index (κ1) is 14.9. The van der Waals surface area contributed by atoms with Crippen molar-refractivity contribution in [1.82, 2.24) is 9.55 Å². The van der Waals surface area contributed by atoms with Crippen LogP contribution in [-0.2, 0) is 0 Å². The molecule has 0 N–H and O–H groups in total. The second-order valence-electron chi connectivity index (χ2n) is 5.25. The maximum Gasteiger partial charge on any atom is 0.266 e. The molecule has 0 amide bonds. The average molecular weight is 310 g/mol. The first-order chi connectivity index (χ1) is 10.6. The fourth-order valence-electron chi connectivity index (χ4n) is 2.43. The fraction of sp³-hybridized carbons (Fsp3) is 0.222. The van der Waals surface area contributed by atoms with Gasteiger partial charge >= 0.3 is 0 Å². The summed E-state index contributed by atoms with van der Waals surface area (Å²) in [6, 6.07) is 13.6. The van der Waals surface area contributed by atoms with E-state index in [-0.39, 0.29) is 5.56 Å². The predicted molar refractivity (Wildman–Crippen MR) is 93.2 cm³/mol. The lowest BCUT2D eigenvalue weighted by Crippen LogP contribution is -2.21. The summed E-state index contributed by atoms with van der Waals surface area (Å²) in [5.41, 5.74) is 4.01. The van der Waals surface area contributed by atoms with Gasteiger partial charge < -0.3 is 0 Å². The molecular weight excluding hydrogens is 292 g/mol. The largest absolute Gasteiger partial charge is 0.268 e. The van der Waals surface area contributed by atoms with Gasteiger partial charge in [-0.1, -0.05) is 36.9 Å². The maximum absolute atomic E-state index is 12.9. The van der Waals surface area contributed by atoms with Gasteiger partial charge in [0.25, 0.3) is 5.56 Å². The molecule has 4 heteroatoms. The number of aryl methyl sites for hydroxylation is 2. The van der Waals surface area contributed by atoms with Crippen LogP contribution in [0.2, 0.25) is 0 Å². The van der Waals surface area contributed by atoms with Crippen LogP contribution >= 0.6 is 11.8 Å². The van der Waals surface area contributed by atoms with Crippen LogP contribution in [0.1, 0.15) is 18.1 Å². The van der Waals surface area contributed by atoms with Crippen LogP contribution in [0.5, 0.6) is 0 Å². The van der Waals surface area contributed by atoms with E-state index in [0.717, 1.165) is 22.1 Å². The number of fused-ring (bicyclic) bond motifs is 1. The average Bonchev–Trinajstić information content (AvgIpc) is 2.51. The van der Waals surface area contributed by atoms with Crippen LogP contribution in [0.15, 0.2) is 52.4 Å². The Kier molecular flexibility index (Phi) is 4.03. The molecule has 3 rings (SSSR count). The maximum atomic E-state index is 12.9. The van der Waals surface area contributed by atoms with Crippen LogP contribution in [0.3, 0.4) is 0 Å². The van der Waals surface area contributed by atoms with E-state index in [1.807, 2.05) is 42.5 Å². The Morgan fingerprint density at radius 2 is 1.86 bits per heavy atom. The molecule has 3 aromatic rings. The molecule has 1 aromatic heterocycles. The Bertz CT molecular complexity index is 899. The molecule has 0 saturated carbocycles. The van der Waals surface area contributed by atoms with Gasteiger partial charge in [-0.2, -0.15) is 0 Å². The molecular formula is C18H18N2OS. The summed E-state index contributed by atoms with van der Waals surface area (Å²) in [5, 5.41) is 1.40. The molecule has 22 heavy (non-hydrogen) atoms. The van der Waals surface area contributed by atoms with Gasteiger partial charge in [0.05, 0.1) is 16.6 Å². The van der Waals surface area contributed by atoms with Crippen LogP contribution in [-0.4, -0.2) is 15.3 Å². The van der Waals surface area contributed by atoms with Crippen molar-refractivity contribution in [3.8, 4) is 5.69 Å². The highest BCUT2D eigenvalue weighted by Crippen LogP contribution is 2.22. The zero-order valence-electron chi connectivity index (χ0n) is 13.0. The van der Waals surface area contributed by atoms with Gasteiger partial charge in [0.15, 0.2) is 5.16 Å². The van der Waals surface area contributed by atoms with Crippen molar-refractivity contribution in [2.75, 3.05) is 5.75 Å². The molecule has 112 valence electrons. The van der Waals surface area contributed by atoms with Crippen LogP contribution in [0.25, 0.3) is 16.6 Å². The standard InChI is InChI=1S/C18H18N2OS/c1-4-22-18-19-16-8-6-5-7-15(16)17(21)20(18)14-10-9-12(2)13(3)11-14/h5-11H,4H2,1-3H3. The summed E-state index contributed by atoms with van der Waals surface area (Å²) < 4.78 is 1.73. The Labute approximate surface area is 134 Å². The number of para-hydroxylation sites is 1. The molecule has 1 heterocycles. The summed E-state index contributed by atoms with van der Waals surface area (Å²) >= 11 is 1.59. The van der Waals surface area contributed by atoms with E-state index in [4.69, 9.17) is 0 Å². The minimum Gasteiger partial charge on any atom is -0.268 e. The van der Waals surface area contributed by atoms with E-state index in [1.54, 1.807) is 16.3 Å². The van der Waals surface area contributed by atoms with Crippen LogP contribution < -0.4 is 5.56 Å². The highest BCUT2D eigenvalue weighted by molar-refractivity contribution is 7.99. The van der Waals surface area contributed by atoms with Gasteiger partial charge in [0, 0.05) is 0 Å². The first-order valence-corrected chi connectivity index (χ1v) is 8.32. The third-order valence-electron chi connectivity index (χ3n) is 3.77. The van der Waals surface area contributed by atoms with E-state index in [1.165, 1.54) is 11.1 Å². The molecule has 0 spiro atoms. The summed E-state index contributed by atoms with van der Waals surface area (Å²) in [7, 11) is 0. The lowest BCUT2D eigenvalue weighted by molar-refractivity contribution is 0.819. The minimum atomic E-state index is -0.00944. The van der Waals surface area contributed by atoms with E-state index in [9.17, 15) is 4.79 Å². The van der Waals surface area contributed by atoms with Gasteiger partial charge in [-0.15, -0.1) is 0 Å². The highest BCUT2D eigenvalue weighted by Gasteiger charge is 2.13. The van der Waals surface area contributed by atoms with Gasteiger partial charge in [-0.05, 0) is 55.0 Å². The summed E-state index contributed by atoms with van der Waals surface area (Å²) in [6.45, 7) is 6.20. The third-order valence-corrected chi connectivity index (χ3v) is 4.59. The van der Waals surface area contributed by atoms with Crippen molar-refractivity contribution in [3.63, 3.8) is 0 Å². The second-order valence-corrected chi connectivity index (χ2v) is 6.48. The van der Waals surface area contributed by atoms with E-state index >= 15 is 0 Å². The predicted octanol–water partition coefficient (Wildman–Crippen LogP) is 4.11. The summed E-state index contributed by atoms with van der Waals surface area (Å²) in [5.74, 6) is 0.871. The highest BCUT2D eigenvalue weighted by atomic mass is 32.2. The Balaban J connectivity index is 2.35. The lowest BCUT2D eigenvalue weighted by atomic mass is 10.1. The smallest absolute Gasteiger partial charge is 0.266 e. The first-order valence-electron chi connectivity index (χ1n) is 7.34. The van der Waals surface area contributed by atoms with Crippen molar-refractivity contribution in [3.05, 3.63) is 63.9 Å². The molecule has 0 atom stereocenters. The Morgan fingerprint density at radius 3 is 2.59 bits per heavy atom. The monoisotopic (exact) mass is 310 g/mol. The molecule has 2 aromatic carbocycles. The van der Waals surface area contributed by atoms with E-state index in [2.05, 4.69) is 25.8 Å². The molecule has 0 aliphatic heterocycles. The normalized spacial score (nSPS) is 11.0. The molecule has 0 aliphatic carbocycles. The second kappa shape index (κ2) is 5.97. The number of aromatic nitrogens is 2. The van der Waals surface area contributed by atoms with Gasteiger partial charge in [0.2, 0.25) is 0 Å². The molecule has 0 bridgehead atoms. The Morgan fingerprint density at radius 1 is 1.09 bits per heavy atom. The third kappa shape index (κ3) is 2.55. The topological polar surface area (TPSA) is 34.9 Å². The van der Waals surface area contributed by atoms with Gasteiger partial charge in [-0.3, -0.25) is 9.36 Å². The van der Waals surface area contributed by atoms with Crippen LogP contribution in [0, 0.1) is 13.8 Å². The number of benzene rings is 2. The number of hydrogen-bond acceptors (Lipinski definition) is 3. The minimum absolute atomic E-state index is 0.00944. The fourth-order valence-corrected chi connectivity index (χ4v) is 3.17. The lowest BCUT2D eigenvalue weighted by Gasteiger charge is -2.13. The molecule has 0 fully saturated rings. The zero-order chi connectivity index (χ0) is 15.7. The van der Waals surface area contributed by atoms with Gasteiger partial charge in [-0.25, -0.2) is 4.98 Å². The van der Waals surface area contributed by atoms with Crippen molar-refractivity contribution in [2.24, 2.45) is 0 Å². The molecule has 0 saturated heterocycles. The molecule has 3 nitrogen and oxygen atoms in total. The number of rotatable bonds is 3. The molecule has 0 unspecified atom stereocenters. The van der Waals surface area contributed by atoms with Crippen molar-refractivity contribution in [1.29, 1.82) is 0 Å². The number of nitrogens with zero attached hydrogens (tertiary/aromatic N) is 2. The van der Waals surface area contributed by atoms with Crippen molar-refractivity contribution in [2.45, 2.75) is 25.9 Å². The SMILES string of the molecule is CCSc1nc2ccccc2c(=O)n1-c1ccc(C)c(C)c1. The Hall–Kier alpha value is -2.07. The molecule has 0 aliphatic rings. The van der Waals surface area contributed by atoms with E-state index < -0.39 is 0 Å². The quantitative estimate of drug-likeness (QED) is 0.539.